The number of hydrogen-bond acceptors (Lipinski definition) is 5. The molecule has 0 saturated carbocycles. The van der Waals surface area contributed by atoms with E-state index >= 15 is 0 Å². The van der Waals surface area contributed by atoms with Gasteiger partial charge in [-0.1, -0.05) is 0 Å². The van der Waals surface area contributed by atoms with Gasteiger partial charge in [0.15, 0.2) is 0 Å². The number of benzene rings is 1. The Bertz CT molecular complexity index is 799. The van der Waals surface area contributed by atoms with Gasteiger partial charge in [0.05, 0.1) is 11.3 Å². The number of sulfonamides is 1. The molecule has 102 valence electrons. The molecule has 0 spiro atoms. The lowest BCUT2D eigenvalue weighted by Gasteiger charge is -2.09. The second-order valence-corrected chi connectivity index (χ2v) is 5.45. The van der Waals surface area contributed by atoms with E-state index in [4.69, 9.17) is 11.0 Å². The van der Waals surface area contributed by atoms with Crippen LogP contribution in [-0.2, 0) is 10.0 Å². The van der Waals surface area contributed by atoms with Gasteiger partial charge in [-0.3, -0.25) is 4.72 Å². The number of nitrogens with zero attached hydrogens (tertiary/aromatic N) is 2. The Balaban J connectivity index is 2.39. The highest BCUT2D eigenvalue weighted by Crippen LogP contribution is 2.21. The molecule has 0 bridgehead atoms. The van der Waals surface area contributed by atoms with Gasteiger partial charge in [-0.05, 0) is 30.3 Å². The first-order chi connectivity index (χ1) is 9.44. The number of rotatable bonds is 3. The highest BCUT2D eigenvalue weighted by molar-refractivity contribution is 7.92. The second kappa shape index (κ2) is 5.14. The van der Waals surface area contributed by atoms with Crippen molar-refractivity contribution in [3.8, 4) is 6.07 Å². The molecule has 3 N–H and O–H groups in total. The Kier molecular flexibility index (Phi) is 3.54. The Morgan fingerprint density at radius 1 is 1.35 bits per heavy atom. The summed E-state index contributed by atoms with van der Waals surface area (Å²) in [6, 6.07) is 7.65. The fourth-order valence-corrected chi connectivity index (χ4v) is 2.65. The lowest BCUT2D eigenvalue weighted by atomic mass is 10.2. The molecule has 0 radical (unpaired) electrons. The van der Waals surface area contributed by atoms with Crippen molar-refractivity contribution in [1.29, 1.82) is 5.26 Å². The number of nitrogen functional groups attached to an aromatic ring is 1. The maximum Gasteiger partial charge on any atom is 0.265 e. The number of aromatic nitrogens is 1. The summed E-state index contributed by atoms with van der Waals surface area (Å²) in [6.45, 7) is 0. The van der Waals surface area contributed by atoms with E-state index in [0.717, 1.165) is 12.1 Å². The van der Waals surface area contributed by atoms with Crippen molar-refractivity contribution >= 4 is 21.5 Å². The first-order valence-electron chi connectivity index (χ1n) is 5.37. The molecule has 1 aromatic carbocycles. The average Bonchev–Trinajstić information content (AvgIpc) is 2.41. The minimum absolute atomic E-state index is 0.0613. The molecule has 0 unspecified atom stereocenters. The van der Waals surface area contributed by atoms with Crippen molar-refractivity contribution in [1.82, 2.24) is 4.98 Å². The lowest BCUT2D eigenvalue weighted by Crippen LogP contribution is -2.15. The summed E-state index contributed by atoms with van der Waals surface area (Å²) >= 11 is 0. The maximum atomic E-state index is 13.2. The van der Waals surface area contributed by atoms with Crippen LogP contribution in [0.15, 0.2) is 41.4 Å². The molecule has 1 aromatic heterocycles. The smallest absolute Gasteiger partial charge is 0.265 e. The van der Waals surface area contributed by atoms with Crippen molar-refractivity contribution in [3.05, 3.63) is 47.9 Å². The van der Waals surface area contributed by atoms with Gasteiger partial charge in [-0.25, -0.2) is 17.8 Å². The maximum absolute atomic E-state index is 13.2. The van der Waals surface area contributed by atoms with Crippen molar-refractivity contribution in [3.63, 3.8) is 0 Å². The summed E-state index contributed by atoms with van der Waals surface area (Å²) in [4.78, 5) is 3.49. The molecular formula is C12H9FN4O2S. The highest BCUT2D eigenvalue weighted by Gasteiger charge is 2.18. The minimum Gasteiger partial charge on any atom is -0.383 e. The second-order valence-electron chi connectivity index (χ2n) is 3.80. The van der Waals surface area contributed by atoms with E-state index in [1.54, 1.807) is 6.07 Å². The Labute approximate surface area is 114 Å². The van der Waals surface area contributed by atoms with Gasteiger partial charge in [0.1, 0.15) is 22.6 Å². The average molecular weight is 292 g/mol. The van der Waals surface area contributed by atoms with Crippen molar-refractivity contribution in [2.24, 2.45) is 0 Å². The van der Waals surface area contributed by atoms with E-state index in [1.165, 1.54) is 24.4 Å². The molecule has 0 aliphatic carbocycles. The fraction of sp³-hybridized carbons (Fsp3) is 0. The van der Waals surface area contributed by atoms with Gasteiger partial charge in [-0.15, -0.1) is 0 Å². The summed E-state index contributed by atoms with van der Waals surface area (Å²) in [7, 11) is -3.95. The predicted molar refractivity (Wildman–Crippen MR) is 70.6 cm³/mol. The third-order valence-corrected chi connectivity index (χ3v) is 3.86. The molecule has 0 atom stereocenters. The summed E-state index contributed by atoms with van der Waals surface area (Å²) in [6.07, 6.45) is 1.36. The van der Waals surface area contributed by atoms with E-state index in [1.807, 2.05) is 0 Å². The molecule has 0 amide bonds. The zero-order chi connectivity index (χ0) is 14.8. The number of nitriles is 1. The summed E-state index contributed by atoms with van der Waals surface area (Å²) in [5, 5.41) is 8.71. The van der Waals surface area contributed by atoms with Gasteiger partial charge in [-0.2, -0.15) is 5.26 Å². The molecule has 0 aliphatic rings. The predicted octanol–water partition coefficient (Wildman–Crippen LogP) is 1.48. The van der Waals surface area contributed by atoms with Crippen LogP contribution in [0, 0.1) is 17.1 Å². The topological polar surface area (TPSA) is 109 Å². The van der Waals surface area contributed by atoms with Crippen molar-refractivity contribution < 1.29 is 12.8 Å². The number of hydrogen-bond donors (Lipinski definition) is 2. The van der Waals surface area contributed by atoms with Gasteiger partial charge in [0.2, 0.25) is 0 Å². The Hall–Kier alpha value is -2.66. The number of nitrogens with two attached hydrogens (primary N) is 1. The minimum atomic E-state index is -3.95. The van der Waals surface area contributed by atoms with Crippen LogP contribution in [0.1, 0.15) is 5.56 Å². The first kappa shape index (κ1) is 13.8. The molecule has 20 heavy (non-hydrogen) atoms. The van der Waals surface area contributed by atoms with Gasteiger partial charge in [0, 0.05) is 6.20 Å². The summed E-state index contributed by atoms with van der Waals surface area (Å²) in [5.74, 6) is -0.876. The molecule has 0 fully saturated rings. The van der Waals surface area contributed by atoms with Gasteiger partial charge < -0.3 is 5.73 Å². The number of anilines is 2. The van der Waals surface area contributed by atoms with Crippen LogP contribution in [0.3, 0.4) is 0 Å². The number of nitrogens with one attached hydrogen (secondary N) is 1. The fourth-order valence-electron chi connectivity index (χ4n) is 1.51. The van der Waals surface area contributed by atoms with E-state index in [0.29, 0.717) is 0 Å². The van der Waals surface area contributed by atoms with Crippen LogP contribution in [0.25, 0.3) is 0 Å². The largest absolute Gasteiger partial charge is 0.383 e. The third kappa shape index (κ3) is 2.67. The lowest BCUT2D eigenvalue weighted by molar-refractivity contribution is 0.601. The molecular weight excluding hydrogens is 283 g/mol. The SMILES string of the molecule is N#Cc1cc(NS(=O)(=O)c2cccnc2N)ccc1F. The van der Waals surface area contributed by atoms with Crippen molar-refractivity contribution in [2.75, 3.05) is 10.5 Å². The van der Waals surface area contributed by atoms with Crippen LogP contribution < -0.4 is 10.5 Å². The van der Waals surface area contributed by atoms with Crippen LogP contribution in [-0.4, -0.2) is 13.4 Å². The standard InChI is InChI=1S/C12H9FN4O2S/c13-10-4-3-9(6-8(10)7-14)17-20(18,19)11-2-1-5-16-12(11)15/h1-6,17H,(H2,15,16). The Morgan fingerprint density at radius 2 is 2.10 bits per heavy atom. The Morgan fingerprint density at radius 3 is 2.75 bits per heavy atom. The molecule has 2 aromatic rings. The zero-order valence-corrected chi connectivity index (χ0v) is 10.9. The van der Waals surface area contributed by atoms with Crippen LogP contribution in [0.4, 0.5) is 15.9 Å². The molecule has 0 saturated heterocycles. The van der Waals surface area contributed by atoms with Crippen LogP contribution in [0.2, 0.25) is 0 Å². The molecule has 8 heteroatoms. The normalized spacial score (nSPS) is 10.8. The summed E-state index contributed by atoms with van der Waals surface area (Å²) < 4.78 is 39.6. The first-order valence-corrected chi connectivity index (χ1v) is 6.85. The van der Waals surface area contributed by atoms with Crippen LogP contribution in [0.5, 0.6) is 0 Å². The van der Waals surface area contributed by atoms with E-state index in [-0.39, 0.29) is 22.0 Å². The van der Waals surface area contributed by atoms with Crippen LogP contribution >= 0.6 is 0 Å². The number of pyridine rings is 1. The van der Waals surface area contributed by atoms with Gasteiger partial charge >= 0.3 is 0 Å². The highest BCUT2D eigenvalue weighted by atomic mass is 32.2. The van der Waals surface area contributed by atoms with E-state index in [2.05, 4.69) is 9.71 Å². The third-order valence-electron chi connectivity index (χ3n) is 2.43. The monoisotopic (exact) mass is 292 g/mol. The molecule has 6 nitrogen and oxygen atoms in total. The summed E-state index contributed by atoms with van der Waals surface area (Å²) in [5.41, 5.74) is 5.30. The van der Waals surface area contributed by atoms with E-state index in [9.17, 15) is 12.8 Å². The van der Waals surface area contributed by atoms with Gasteiger partial charge in [0.25, 0.3) is 10.0 Å². The quantitative estimate of drug-likeness (QED) is 0.890. The van der Waals surface area contributed by atoms with Crippen molar-refractivity contribution in [2.45, 2.75) is 4.90 Å². The molecule has 1 heterocycles. The molecule has 2 rings (SSSR count). The van der Waals surface area contributed by atoms with E-state index < -0.39 is 15.8 Å². The zero-order valence-electron chi connectivity index (χ0n) is 10.0. The molecule has 0 aliphatic heterocycles. The number of halogens is 1.